The van der Waals surface area contributed by atoms with Crippen molar-refractivity contribution < 1.29 is 4.39 Å². The Morgan fingerprint density at radius 2 is 1.94 bits per heavy atom. The van der Waals surface area contributed by atoms with E-state index in [1.807, 2.05) is 6.07 Å². The fourth-order valence-electron chi connectivity index (χ4n) is 1.47. The molecular weight excluding hydrogens is 269 g/mol. The fourth-order valence-corrected chi connectivity index (χ4v) is 1.84. The van der Waals surface area contributed by atoms with Gasteiger partial charge in [-0.2, -0.15) is 5.26 Å². The molecule has 0 N–H and O–H groups in total. The van der Waals surface area contributed by atoms with Crippen LogP contribution in [-0.2, 0) is 0 Å². The Labute approximate surface area is 101 Å². The molecule has 1 nitrogen and oxygen atoms in total. The van der Waals surface area contributed by atoms with E-state index in [0.29, 0.717) is 16.7 Å². The lowest BCUT2D eigenvalue weighted by molar-refractivity contribution is 0.631. The van der Waals surface area contributed by atoms with E-state index in [4.69, 9.17) is 5.26 Å². The topological polar surface area (TPSA) is 23.8 Å². The number of halogens is 2. The van der Waals surface area contributed by atoms with Crippen LogP contribution in [0.1, 0.15) is 5.56 Å². The molecule has 0 saturated heterocycles. The Balaban J connectivity index is 2.58. The van der Waals surface area contributed by atoms with Crippen LogP contribution in [0.3, 0.4) is 0 Å². The van der Waals surface area contributed by atoms with Gasteiger partial charge >= 0.3 is 0 Å². The van der Waals surface area contributed by atoms with Gasteiger partial charge in [0, 0.05) is 10.0 Å². The molecule has 2 rings (SSSR count). The minimum atomic E-state index is -0.293. The van der Waals surface area contributed by atoms with Crippen LogP contribution in [0.4, 0.5) is 4.39 Å². The van der Waals surface area contributed by atoms with Gasteiger partial charge in [0.05, 0.1) is 11.6 Å². The SMILES string of the molecule is N#Cc1cccc(-c2cc(Br)ccc2F)c1. The Hall–Kier alpha value is -1.66. The lowest BCUT2D eigenvalue weighted by atomic mass is 10.0. The first kappa shape index (κ1) is 10.8. The standard InChI is InChI=1S/C13H7BrFN/c14-11-4-5-13(15)12(7-11)10-3-1-2-9(6-10)8-16/h1-7H. The molecule has 0 amide bonds. The number of hydrogen-bond donors (Lipinski definition) is 0. The van der Waals surface area contributed by atoms with E-state index >= 15 is 0 Å². The molecule has 3 heteroatoms. The minimum Gasteiger partial charge on any atom is -0.206 e. The molecule has 78 valence electrons. The van der Waals surface area contributed by atoms with Gasteiger partial charge in [-0.15, -0.1) is 0 Å². The van der Waals surface area contributed by atoms with Gasteiger partial charge in [-0.3, -0.25) is 0 Å². The maximum atomic E-state index is 13.6. The zero-order valence-corrected chi connectivity index (χ0v) is 9.83. The van der Waals surface area contributed by atoms with Gasteiger partial charge in [0.2, 0.25) is 0 Å². The van der Waals surface area contributed by atoms with Crippen molar-refractivity contribution in [1.29, 1.82) is 5.26 Å². The summed E-state index contributed by atoms with van der Waals surface area (Å²) in [5.41, 5.74) is 1.72. The van der Waals surface area contributed by atoms with Crippen molar-refractivity contribution in [1.82, 2.24) is 0 Å². The van der Waals surface area contributed by atoms with Crippen molar-refractivity contribution in [3.63, 3.8) is 0 Å². The van der Waals surface area contributed by atoms with Crippen molar-refractivity contribution in [2.75, 3.05) is 0 Å². The predicted molar refractivity (Wildman–Crippen MR) is 64.3 cm³/mol. The van der Waals surface area contributed by atoms with Crippen LogP contribution < -0.4 is 0 Å². The quantitative estimate of drug-likeness (QED) is 0.768. The zero-order chi connectivity index (χ0) is 11.5. The summed E-state index contributed by atoms with van der Waals surface area (Å²) >= 11 is 3.30. The summed E-state index contributed by atoms with van der Waals surface area (Å²) in [4.78, 5) is 0. The molecule has 0 radical (unpaired) electrons. The third-order valence-electron chi connectivity index (χ3n) is 2.23. The summed E-state index contributed by atoms with van der Waals surface area (Å²) in [6, 6.07) is 13.7. The van der Waals surface area contributed by atoms with E-state index in [0.717, 1.165) is 4.47 Å². The minimum absolute atomic E-state index is 0.293. The molecule has 2 aromatic rings. The molecule has 0 bridgehead atoms. The molecule has 16 heavy (non-hydrogen) atoms. The fraction of sp³-hybridized carbons (Fsp3) is 0. The maximum absolute atomic E-state index is 13.6. The average molecular weight is 276 g/mol. The molecule has 0 aliphatic rings. The smallest absolute Gasteiger partial charge is 0.131 e. The summed E-state index contributed by atoms with van der Waals surface area (Å²) in [5, 5.41) is 8.78. The van der Waals surface area contributed by atoms with Crippen molar-refractivity contribution in [3.05, 3.63) is 58.3 Å². The van der Waals surface area contributed by atoms with Gasteiger partial charge in [0.25, 0.3) is 0 Å². The van der Waals surface area contributed by atoms with E-state index in [9.17, 15) is 4.39 Å². The molecule has 0 aliphatic carbocycles. The third-order valence-corrected chi connectivity index (χ3v) is 2.72. The molecule has 0 fully saturated rings. The first-order chi connectivity index (χ1) is 7.70. The van der Waals surface area contributed by atoms with Crippen molar-refractivity contribution in [2.24, 2.45) is 0 Å². The van der Waals surface area contributed by atoms with Gasteiger partial charge in [-0.25, -0.2) is 4.39 Å². The van der Waals surface area contributed by atoms with Crippen LogP contribution >= 0.6 is 15.9 Å². The van der Waals surface area contributed by atoms with Gasteiger partial charge < -0.3 is 0 Å². The van der Waals surface area contributed by atoms with E-state index in [1.54, 1.807) is 36.4 Å². The molecule has 2 aromatic carbocycles. The molecular formula is C13H7BrFN. The summed E-state index contributed by atoms with van der Waals surface area (Å²) in [6.45, 7) is 0. The predicted octanol–water partition coefficient (Wildman–Crippen LogP) is 4.13. The first-order valence-corrected chi connectivity index (χ1v) is 5.45. The Bertz CT molecular complexity index is 572. The first-order valence-electron chi connectivity index (χ1n) is 4.66. The lowest BCUT2D eigenvalue weighted by Crippen LogP contribution is -1.85. The van der Waals surface area contributed by atoms with E-state index in [-0.39, 0.29) is 5.82 Å². The molecule has 0 saturated carbocycles. The van der Waals surface area contributed by atoms with Crippen molar-refractivity contribution in [2.45, 2.75) is 0 Å². The average Bonchev–Trinajstić information content (AvgIpc) is 2.32. The summed E-state index contributed by atoms with van der Waals surface area (Å²) in [5.74, 6) is -0.293. The Morgan fingerprint density at radius 3 is 2.69 bits per heavy atom. The van der Waals surface area contributed by atoms with Gasteiger partial charge in [-0.05, 0) is 35.9 Å². The van der Waals surface area contributed by atoms with Crippen LogP contribution in [0.15, 0.2) is 46.9 Å². The normalized spacial score (nSPS) is 9.81. The Morgan fingerprint density at radius 1 is 1.12 bits per heavy atom. The van der Waals surface area contributed by atoms with E-state index in [1.165, 1.54) is 6.07 Å². The summed E-state index contributed by atoms with van der Waals surface area (Å²) in [6.07, 6.45) is 0. The molecule has 0 spiro atoms. The van der Waals surface area contributed by atoms with Gasteiger partial charge in [-0.1, -0.05) is 28.1 Å². The number of nitriles is 1. The van der Waals surface area contributed by atoms with Crippen LogP contribution in [0.5, 0.6) is 0 Å². The summed E-state index contributed by atoms with van der Waals surface area (Å²) in [7, 11) is 0. The van der Waals surface area contributed by atoms with Gasteiger partial charge in [0.1, 0.15) is 5.82 Å². The number of hydrogen-bond acceptors (Lipinski definition) is 1. The van der Waals surface area contributed by atoms with E-state index in [2.05, 4.69) is 15.9 Å². The van der Waals surface area contributed by atoms with Crippen molar-refractivity contribution in [3.8, 4) is 17.2 Å². The third kappa shape index (κ3) is 2.12. The van der Waals surface area contributed by atoms with Crippen LogP contribution in [0, 0.1) is 17.1 Å². The maximum Gasteiger partial charge on any atom is 0.131 e. The molecule has 0 heterocycles. The summed E-state index contributed by atoms with van der Waals surface area (Å²) < 4.78 is 14.4. The van der Waals surface area contributed by atoms with Crippen LogP contribution in [0.2, 0.25) is 0 Å². The number of nitrogens with zero attached hydrogens (tertiary/aromatic N) is 1. The van der Waals surface area contributed by atoms with Crippen molar-refractivity contribution >= 4 is 15.9 Å². The van der Waals surface area contributed by atoms with E-state index < -0.39 is 0 Å². The second kappa shape index (κ2) is 4.46. The number of benzene rings is 2. The highest BCUT2D eigenvalue weighted by atomic mass is 79.9. The monoisotopic (exact) mass is 275 g/mol. The largest absolute Gasteiger partial charge is 0.206 e. The van der Waals surface area contributed by atoms with Gasteiger partial charge in [0.15, 0.2) is 0 Å². The number of rotatable bonds is 1. The Kier molecular flexibility index (Phi) is 3.02. The second-order valence-electron chi connectivity index (χ2n) is 3.32. The zero-order valence-electron chi connectivity index (χ0n) is 8.24. The molecule has 0 aromatic heterocycles. The molecule has 0 atom stereocenters. The van der Waals surface area contributed by atoms with Crippen LogP contribution in [0.25, 0.3) is 11.1 Å². The second-order valence-corrected chi connectivity index (χ2v) is 4.23. The lowest BCUT2D eigenvalue weighted by Gasteiger charge is -2.04. The molecule has 0 unspecified atom stereocenters. The highest BCUT2D eigenvalue weighted by Gasteiger charge is 2.06. The highest BCUT2D eigenvalue weighted by Crippen LogP contribution is 2.26. The molecule has 0 aliphatic heterocycles. The van der Waals surface area contributed by atoms with Crippen LogP contribution in [-0.4, -0.2) is 0 Å². The highest BCUT2D eigenvalue weighted by molar-refractivity contribution is 9.10.